The molecule has 0 heterocycles. The second-order valence-corrected chi connectivity index (χ2v) is 7.99. The Morgan fingerprint density at radius 3 is 2.20 bits per heavy atom. The highest BCUT2D eigenvalue weighted by atomic mass is 19.4. The molecule has 2 fully saturated rings. The Kier molecular flexibility index (Phi) is 8.81. The van der Waals surface area contributed by atoms with Gasteiger partial charge in [-0.15, -0.1) is 0 Å². The van der Waals surface area contributed by atoms with E-state index in [2.05, 4.69) is 0 Å². The lowest BCUT2D eigenvalue weighted by Crippen LogP contribution is -2.31. The minimum absolute atomic E-state index is 0.0459. The van der Waals surface area contributed by atoms with Gasteiger partial charge in [0.05, 0.1) is 0 Å². The van der Waals surface area contributed by atoms with Crippen LogP contribution in [0.2, 0.25) is 0 Å². The summed E-state index contributed by atoms with van der Waals surface area (Å²) in [6.07, 6.45) is 11.1. The van der Waals surface area contributed by atoms with Gasteiger partial charge in [-0.25, -0.2) is 0 Å². The van der Waals surface area contributed by atoms with E-state index in [4.69, 9.17) is 4.74 Å². The number of hydrogen-bond donors (Lipinski definition) is 0. The zero-order valence-electron chi connectivity index (χ0n) is 15.7. The monoisotopic (exact) mass is 360 g/mol. The molecule has 0 saturated heterocycles. The maximum atomic E-state index is 13.0. The molecule has 1 atom stereocenters. The number of hydrogen-bond acceptors (Lipinski definition) is 1. The summed E-state index contributed by atoms with van der Waals surface area (Å²) in [6.45, 7) is 2.15. The third-order valence-electron chi connectivity index (χ3n) is 6.07. The molecule has 1 nitrogen and oxygen atoms in total. The van der Waals surface area contributed by atoms with Crippen molar-refractivity contribution >= 4 is 0 Å². The van der Waals surface area contributed by atoms with Crippen molar-refractivity contribution in [1.82, 2.24) is 0 Å². The number of rotatable bonds is 8. The Morgan fingerprint density at radius 1 is 0.960 bits per heavy atom. The highest BCUT2D eigenvalue weighted by Crippen LogP contribution is 2.40. The second-order valence-electron chi connectivity index (χ2n) is 7.99. The van der Waals surface area contributed by atoms with Crippen LogP contribution in [0.5, 0.6) is 0 Å². The first kappa shape index (κ1) is 20.8. The van der Waals surface area contributed by atoms with E-state index in [9.17, 15) is 13.2 Å². The fraction of sp³-hybridized carbons (Fsp3) is 0.905. The number of unbranched alkanes of at least 4 members (excludes halogenated alkanes) is 1. The molecule has 146 valence electrons. The summed E-state index contributed by atoms with van der Waals surface area (Å²) >= 11 is 0. The average Bonchev–Trinajstić information content (AvgIpc) is 2.61. The molecule has 25 heavy (non-hydrogen) atoms. The number of ether oxygens (including phenoxy) is 1. The van der Waals surface area contributed by atoms with Crippen LogP contribution in [0, 0.1) is 17.8 Å². The molecule has 0 aromatic rings. The molecule has 0 aliphatic heterocycles. The minimum atomic E-state index is -4.27. The van der Waals surface area contributed by atoms with E-state index >= 15 is 0 Å². The molecule has 2 saturated carbocycles. The topological polar surface area (TPSA) is 9.23 Å². The molecular formula is C21H35F3O. The normalized spacial score (nSPS) is 27.7. The van der Waals surface area contributed by atoms with E-state index in [-0.39, 0.29) is 13.0 Å². The van der Waals surface area contributed by atoms with E-state index in [1.807, 2.05) is 13.0 Å². The van der Waals surface area contributed by atoms with E-state index in [1.54, 1.807) is 6.08 Å². The van der Waals surface area contributed by atoms with Gasteiger partial charge in [-0.2, -0.15) is 13.2 Å². The van der Waals surface area contributed by atoms with Crippen molar-refractivity contribution in [2.24, 2.45) is 17.8 Å². The van der Waals surface area contributed by atoms with Gasteiger partial charge in [0.2, 0.25) is 0 Å². The molecule has 1 unspecified atom stereocenters. The maximum absolute atomic E-state index is 13.0. The molecule has 2 aliphatic rings. The van der Waals surface area contributed by atoms with Gasteiger partial charge in [-0.1, -0.05) is 57.6 Å². The van der Waals surface area contributed by atoms with Crippen LogP contribution in [0.1, 0.15) is 84.0 Å². The van der Waals surface area contributed by atoms with Gasteiger partial charge in [0.15, 0.2) is 6.10 Å². The Labute approximate surface area is 151 Å². The molecule has 2 aliphatic carbocycles. The van der Waals surface area contributed by atoms with Gasteiger partial charge in [-0.3, -0.25) is 0 Å². The second kappa shape index (κ2) is 10.6. The number of allylic oxidation sites excluding steroid dienone is 1. The predicted molar refractivity (Wildman–Crippen MR) is 96.5 cm³/mol. The summed E-state index contributed by atoms with van der Waals surface area (Å²) in [7, 11) is 0. The quantitative estimate of drug-likeness (QED) is 0.332. The molecule has 0 radical (unpaired) electrons. The molecule has 0 aromatic carbocycles. The van der Waals surface area contributed by atoms with E-state index in [0.29, 0.717) is 12.3 Å². The summed E-state index contributed by atoms with van der Waals surface area (Å²) in [6, 6.07) is 0. The Morgan fingerprint density at radius 2 is 1.60 bits per heavy atom. The molecule has 0 spiro atoms. The first-order valence-electron chi connectivity index (χ1n) is 10.4. The average molecular weight is 361 g/mol. The SMILES string of the molecule is CCCCOC(CC=CC1CCC(C2CCCCC2)CC1)C(F)(F)F. The van der Waals surface area contributed by atoms with E-state index in [1.165, 1.54) is 44.9 Å². The molecule has 0 bridgehead atoms. The lowest BCUT2D eigenvalue weighted by Gasteiger charge is -2.35. The van der Waals surface area contributed by atoms with Crippen LogP contribution >= 0.6 is 0 Å². The van der Waals surface area contributed by atoms with E-state index < -0.39 is 12.3 Å². The minimum Gasteiger partial charge on any atom is -0.368 e. The van der Waals surface area contributed by atoms with Gasteiger partial charge >= 0.3 is 6.18 Å². The molecule has 0 amide bonds. The predicted octanol–water partition coefficient (Wildman–Crippen LogP) is 7.07. The number of halogens is 3. The molecule has 2 rings (SSSR count). The smallest absolute Gasteiger partial charge is 0.368 e. The zero-order valence-corrected chi connectivity index (χ0v) is 15.7. The van der Waals surface area contributed by atoms with Gasteiger partial charge in [-0.05, 0) is 49.9 Å². The van der Waals surface area contributed by atoms with Crippen molar-refractivity contribution in [2.75, 3.05) is 6.61 Å². The van der Waals surface area contributed by atoms with Crippen molar-refractivity contribution in [3.8, 4) is 0 Å². The lowest BCUT2D eigenvalue weighted by molar-refractivity contribution is -0.219. The summed E-state index contributed by atoms with van der Waals surface area (Å²) < 4.78 is 44.1. The van der Waals surface area contributed by atoms with Crippen LogP contribution in [0.15, 0.2) is 12.2 Å². The van der Waals surface area contributed by atoms with Crippen LogP contribution < -0.4 is 0 Å². The van der Waals surface area contributed by atoms with Crippen molar-refractivity contribution in [1.29, 1.82) is 0 Å². The van der Waals surface area contributed by atoms with Crippen LogP contribution in [0.4, 0.5) is 13.2 Å². The Balaban J connectivity index is 1.71. The standard InChI is InChI=1S/C21H35F3O/c1-2-3-16-25-20(21(22,23)24)11-7-8-17-12-14-19(15-13-17)18-9-5-4-6-10-18/h7-8,17-20H,2-6,9-16H2,1H3. The molecule has 0 N–H and O–H groups in total. The molecule has 0 aromatic heterocycles. The molecule has 4 heteroatoms. The summed E-state index contributed by atoms with van der Waals surface area (Å²) in [5.74, 6) is 2.25. The summed E-state index contributed by atoms with van der Waals surface area (Å²) in [5.41, 5.74) is 0. The van der Waals surface area contributed by atoms with Crippen LogP contribution in [0.3, 0.4) is 0 Å². The summed E-state index contributed by atoms with van der Waals surface area (Å²) in [4.78, 5) is 0. The van der Waals surface area contributed by atoms with Crippen molar-refractivity contribution in [3.63, 3.8) is 0 Å². The third-order valence-corrected chi connectivity index (χ3v) is 6.07. The first-order valence-corrected chi connectivity index (χ1v) is 10.4. The summed E-state index contributed by atoms with van der Waals surface area (Å²) in [5, 5.41) is 0. The van der Waals surface area contributed by atoms with Gasteiger partial charge < -0.3 is 4.74 Å². The van der Waals surface area contributed by atoms with E-state index in [0.717, 1.165) is 31.1 Å². The van der Waals surface area contributed by atoms with Crippen molar-refractivity contribution < 1.29 is 17.9 Å². The van der Waals surface area contributed by atoms with Crippen LogP contribution in [-0.2, 0) is 4.74 Å². The fourth-order valence-electron chi connectivity index (χ4n) is 4.48. The Hall–Kier alpha value is -0.510. The zero-order chi connectivity index (χ0) is 18.1. The van der Waals surface area contributed by atoms with Gasteiger partial charge in [0, 0.05) is 13.0 Å². The fourth-order valence-corrected chi connectivity index (χ4v) is 4.48. The molecular weight excluding hydrogens is 325 g/mol. The Bertz CT molecular complexity index is 377. The third kappa shape index (κ3) is 7.32. The van der Waals surface area contributed by atoms with Gasteiger partial charge in [0.1, 0.15) is 0 Å². The van der Waals surface area contributed by atoms with Crippen molar-refractivity contribution in [2.45, 2.75) is 96.3 Å². The van der Waals surface area contributed by atoms with Crippen LogP contribution in [0.25, 0.3) is 0 Å². The van der Waals surface area contributed by atoms with Crippen molar-refractivity contribution in [3.05, 3.63) is 12.2 Å². The largest absolute Gasteiger partial charge is 0.414 e. The van der Waals surface area contributed by atoms with Crippen LogP contribution in [-0.4, -0.2) is 18.9 Å². The first-order chi connectivity index (χ1) is 12.0. The highest BCUT2D eigenvalue weighted by molar-refractivity contribution is 4.94. The maximum Gasteiger partial charge on any atom is 0.414 e. The highest BCUT2D eigenvalue weighted by Gasteiger charge is 2.39. The lowest BCUT2D eigenvalue weighted by atomic mass is 9.71. The number of alkyl halides is 3. The van der Waals surface area contributed by atoms with Gasteiger partial charge in [0.25, 0.3) is 0 Å².